The number of fused-ring (bicyclic) bond motifs is 1. The van der Waals surface area contributed by atoms with E-state index < -0.39 is 18.2 Å². The zero-order valence-electron chi connectivity index (χ0n) is 18.8. The number of benzene rings is 2. The van der Waals surface area contributed by atoms with E-state index in [2.05, 4.69) is 23.8 Å². The number of ether oxygens (including phenoxy) is 2. The number of esters is 1. The van der Waals surface area contributed by atoms with Crippen molar-refractivity contribution in [2.45, 2.75) is 39.8 Å². The molecule has 0 unspecified atom stereocenters. The van der Waals surface area contributed by atoms with Gasteiger partial charge in [0.15, 0.2) is 11.5 Å². The van der Waals surface area contributed by atoms with Crippen LogP contribution in [0.15, 0.2) is 41.7 Å². The molecule has 0 amide bonds. The van der Waals surface area contributed by atoms with Crippen molar-refractivity contribution in [3.8, 4) is 17.6 Å². The maximum Gasteiger partial charge on any atom is 0.313 e. The minimum atomic E-state index is -0.714. The monoisotopic (exact) mass is 500 g/mol. The molecule has 0 fully saturated rings. The molecular formula is C24H22Cl2N4O4. The fourth-order valence-electron chi connectivity index (χ4n) is 3.18. The second kappa shape index (κ2) is 11.1. The standard InChI is InChI=1S/C24H22Cl2N4O4/c1-4-33-23(32)10-22(31)20(11-27)28-12-15-7-17(25)24(18(26)8-15)34-16-5-6-19-21(9-16)30(13-29-19)14(2)3/h5-9,13-14H,4,10,12H2,1-3H3. The summed E-state index contributed by atoms with van der Waals surface area (Å²) in [5, 5.41) is 9.70. The molecular weight excluding hydrogens is 479 g/mol. The van der Waals surface area contributed by atoms with Crippen molar-refractivity contribution in [3.05, 3.63) is 52.3 Å². The lowest BCUT2D eigenvalue weighted by Crippen LogP contribution is -2.18. The van der Waals surface area contributed by atoms with Crippen LogP contribution in [0.3, 0.4) is 0 Å². The molecule has 0 aliphatic heterocycles. The first-order valence-corrected chi connectivity index (χ1v) is 11.2. The van der Waals surface area contributed by atoms with Crippen LogP contribution in [-0.4, -0.2) is 33.6 Å². The second-order valence-electron chi connectivity index (χ2n) is 7.57. The van der Waals surface area contributed by atoms with Crippen molar-refractivity contribution >= 4 is 51.7 Å². The highest BCUT2D eigenvalue weighted by Crippen LogP contribution is 2.38. The zero-order chi connectivity index (χ0) is 24.8. The molecule has 0 aliphatic carbocycles. The van der Waals surface area contributed by atoms with E-state index in [9.17, 15) is 14.9 Å². The van der Waals surface area contributed by atoms with Gasteiger partial charge in [0.1, 0.15) is 18.2 Å². The summed E-state index contributed by atoms with van der Waals surface area (Å²) in [6, 6.07) is 10.6. The smallest absolute Gasteiger partial charge is 0.313 e. The van der Waals surface area contributed by atoms with E-state index in [0.29, 0.717) is 11.3 Å². The molecule has 0 aliphatic rings. The number of hydrogen-bond donors (Lipinski definition) is 0. The molecule has 0 radical (unpaired) electrons. The van der Waals surface area contributed by atoms with Crippen molar-refractivity contribution in [2.24, 2.45) is 4.99 Å². The Morgan fingerprint density at radius 1 is 1.21 bits per heavy atom. The van der Waals surface area contributed by atoms with Crippen molar-refractivity contribution in [1.29, 1.82) is 5.26 Å². The summed E-state index contributed by atoms with van der Waals surface area (Å²) < 4.78 is 12.7. The van der Waals surface area contributed by atoms with Gasteiger partial charge in [-0.1, -0.05) is 23.2 Å². The predicted octanol–water partition coefficient (Wildman–Crippen LogP) is 5.70. The fourth-order valence-corrected chi connectivity index (χ4v) is 3.79. The Kier molecular flexibility index (Phi) is 8.26. The summed E-state index contributed by atoms with van der Waals surface area (Å²) in [5.41, 5.74) is 1.95. The van der Waals surface area contributed by atoms with Crippen LogP contribution >= 0.6 is 23.2 Å². The SMILES string of the molecule is CCOC(=O)CC(=O)C(C#N)=NCc1cc(Cl)c(Oc2ccc3ncn(C(C)C)c3c2)c(Cl)c1. The number of ketones is 1. The van der Waals surface area contributed by atoms with Crippen LogP contribution in [0.5, 0.6) is 11.5 Å². The number of rotatable bonds is 9. The molecule has 0 spiro atoms. The summed E-state index contributed by atoms with van der Waals surface area (Å²) in [6.45, 7) is 5.86. The number of Topliss-reactive ketones (excluding diaryl/α,β-unsaturated/α-hetero) is 1. The molecule has 176 valence electrons. The molecule has 0 N–H and O–H groups in total. The fraction of sp³-hybridized carbons (Fsp3) is 0.292. The van der Waals surface area contributed by atoms with Gasteiger partial charge in [-0.3, -0.25) is 14.6 Å². The number of halogens is 2. The Morgan fingerprint density at radius 2 is 1.91 bits per heavy atom. The summed E-state index contributed by atoms with van der Waals surface area (Å²) in [5.74, 6) is -0.613. The van der Waals surface area contributed by atoms with Crippen LogP contribution in [-0.2, 0) is 20.9 Å². The van der Waals surface area contributed by atoms with Crippen molar-refractivity contribution in [3.63, 3.8) is 0 Å². The van der Waals surface area contributed by atoms with Crippen molar-refractivity contribution in [2.75, 3.05) is 6.61 Å². The van der Waals surface area contributed by atoms with E-state index in [1.54, 1.807) is 37.5 Å². The highest BCUT2D eigenvalue weighted by atomic mass is 35.5. The minimum Gasteiger partial charge on any atom is -0.466 e. The van der Waals surface area contributed by atoms with Gasteiger partial charge in [-0.2, -0.15) is 5.26 Å². The first-order chi connectivity index (χ1) is 16.2. The van der Waals surface area contributed by atoms with Gasteiger partial charge in [-0.15, -0.1) is 0 Å². The summed E-state index contributed by atoms with van der Waals surface area (Å²) in [6.07, 6.45) is 1.23. The van der Waals surface area contributed by atoms with Crippen LogP contribution < -0.4 is 4.74 Å². The Balaban J connectivity index is 1.78. The first-order valence-electron chi connectivity index (χ1n) is 10.5. The number of imidazole rings is 1. The van der Waals surface area contributed by atoms with Gasteiger partial charge in [-0.25, -0.2) is 4.98 Å². The number of nitrogens with zero attached hydrogens (tertiary/aromatic N) is 4. The van der Waals surface area contributed by atoms with Crippen LogP contribution in [0, 0.1) is 11.3 Å². The van der Waals surface area contributed by atoms with E-state index in [1.807, 2.05) is 16.7 Å². The van der Waals surface area contributed by atoms with Gasteiger partial charge >= 0.3 is 5.97 Å². The average molecular weight is 501 g/mol. The lowest BCUT2D eigenvalue weighted by molar-refractivity contribution is -0.144. The minimum absolute atomic E-state index is 0.0310. The molecule has 0 saturated heterocycles. The van der Waals surface area contributed by atoms with Gasteiger partial charge in [0.05, 0.1) is 40.6 Å². The van der Waals surface area contributed by atoms with Crippen molar-refractivity contribution in [1.82, 2.24) is 9.55 Å². The molecule has 3 rings (SSSR count). The van der Waals surface area contributed by atoms with Crippen LogP contribution in [0.25, 0.3) is 11.0 Å². The van der Waals surface area contributed by atoms with Gasteiger partial charge < -0.3 is 14.0 Å². The van der Waals surface area contributed by atoms with Crippen LogP contribution in [0.1, 0.15) is 38.8 Å². The third-order valence-electron chi connectivity index (χ3n) is 4.78. The number of nitriles is 1. The Hall–Kier alpha value is -3.41. The molecule has 1 heterocycles. The molecule has 1 aromatic heterocycles. The van der Waals surface area contributed by atoms with E-state index >= 15 is 0 Å². The normalized spacial score (nSPS) is 11.5. The molecule has 8 nitrogen and oxygen atoms in total. The zero-order valence-corrected chi connectivity index (χ0v) is 20.4. The van der Waals surface area contributed by atoms with Crippen LogP contribution in [0.4, 0.5) is 0 Å². The molecule has 0 saturated carbocycles. The summed E-state index contributed by atoms with van der Waals surface area (Å²) in [7, 11) is 0. The molecule has 10 heteroatoms. The predicted molar refractivity (Wildman–Crippen MR) is 130 cm³/mol. The lowest BCUT2D eigenvalue weighted by Gasteiger charge is -2.12. The van der Waals surface area contributed by atoms with E-state index in [4.69, 9.17) is 32.7 Å². The summed E-state index contributed by atoms with van der Waals surface area (Å²) in [4.78, 5) is 31.9. The van der Waals surface area contributed by atoms with Gasteiger partial charge in [-0.05, 0) is 50.6 Å². The van der Waals surface area contributed by atoms with Gasteiger partial charge in [0.25, 0.3) is 0 Å². The number of carbonyl (C=O) groups excluding carboxylic acids is 2. The lowest BCUT2D eigenvalue weighted by atomic mass is 10.2. The van der Waals surface area contributed by atoms with Gasteiger partial charge in [0, 0.05) is 12.1 Å². The number of aliphatic imine (C=N–C) groups is 1. The maximum absolute atomic E-state index is 12.1. The quantitative estimate of drug-likeness (QED) is 0.211. The Morgan fingerprint density at radius 3 is 2.53 bits per heavy atom. The van der Waals surface area contributed by atoms with Crippen LogP contribution in [0.2, 0.25) is 10.0 Å². The van der Waals surface area contributed by atoms with Gasteiger partial charge in [0.2, 0.25) is 5.78 Å². The summed E-state index contributed by atoms with van der Waals surface area (Å²) >= 11 is 12.8. The highest BCUT2D eigenvalue weighted by Gasteiger charge is 2.17. The second-order valence-corrected chi connectivity index (χ2v) is 8.38. The average Bonchev–Trinajstić information content (AvgIpc) is 3.20. The number of hydrogen-bond acceptors (Lipinski definition) is 7. The first kappa shape index (κ1) is 25.2. The maximum atomic E-state index is 12.1. The van der Waals surface area contributed by atoms with E-state index in [1.165, 1.54) is 0 Å². The number of carbonyl (C=O) groups is 2. The Labute approximate surface area is 206 Å². The largest absolute Gasteiger partial charge is 0.466 e. The molecule has 0 atom stereocenters. The molecule has 3 aromatic rings. The third-order valence-corrected chi connectivity index (χ3v) is 5.34. The molecule has 2 aromatic carbocycles. The highest BCUT2D eigenvalue weighted by molar-refractivity contribution is 6.48. The van der Waals surface area contributed by atoms with E-state index in [-0.39, 0.29) is 40.7 Å². The number of aromatic nitrogens is 2. The Bertz CT molecular complexity index is 1290. The third kappa shape index (κ3) is 5.93. The van der Waals surface area contributed by atoms with Crippen molar-refractivity contribution < 1.29 is 19.1 Å². The molecule has 0 bridgehead atoms. The van der Waals surface area contributed by atoms with E-state index in [0.717, 1.165) is 11.0 Å². The molecule has 34 heavy (non-hydrogen) atoms. The topological polar surface area (TPSA) is 107 Å².